The van der Waals surface area contributed by atoms with Crippen LogP contribution in [0.3, 0.4) is 0 Å². The van der Waals surface area contributed by atoms with E-state index < -0.39 is 15.8 Å². The molecule has 6 nitrogen and oxygen atoms in total. The lowest BCUT2D eigenvalue weighted by molar-refractivity contribution is 0.534. The minimum absolute atomic E-state index is 0.00440. The third-order valence-electron chi connectivity index (χ3n) is 2.44. The molecule has 0 saturated carbocycles. The van der Waals surface area contributed by atoms with E-state index in [1.807, 2.05) is 0 Å². The maximum absolute atomic E-state index is 13.2. The molecule has 0 saturated heterocycles. The fourth-order valence-electron chi connectivity index (χ4n) is 1.83. The SMILES string of the molecule is Cc1nnc(NS(=O)(=O)c2c(C)cc(F)cc2C)o1. The zero-order valence-corrected chi connectivity index (χ0v) is 11.4. The fourth-order valence-corrected chi connectivity index (χ4v) is 3.21. The van der Waals surface area contributed by atoms with Gasteiger partial charge in [0.15, 0.2) is 0 Å². The molecule has 1 N–H and O–H groups in total. The Kier molecular flexibility index (Phi) is 3.27. The molecule has 0 spiro atoms. The van der Waals surface area contributed by atoms with Crippen molar-refractivity contribution < 1.29 is 17.2 Å². The molecule has 0 unspecified atom stereocenters. The Labute approximate surface area is 109 Å². The molecule has 0 aliphatic carbocycles. The zero-order valence-electron chi connectivity index (χ0n) is 10.6. The highest BCUT2D eigenvalue weighted by atomic mass is 32.2. The smallest absolute Gasteiger partial charge is 0.329 e. The Bertz CT molecular complexity index is 702. The van der Waals surface area contributed by atoms with E-state index in [0.717, 1.165) is 12.1 Å². The second-order valence-electron chi connectivity index (χ2n) is 4.10. The van der Waals surface area contributed by atoms with Crippen LogP contribution in [0.4, 0.5) is 10.4 Å². The molecule has 2 rings (SSSR count). The summed E-state index contributed by atoms with van der Waals surface area (Å²) in [6.07, 6.45) is 0. The van der Waals surface area contributed by atoms with Gasteiger partial charge in [-0.3, -0.25) is 0 Å². The van der Waals surface area contributed by atoms with E-state index in [-0.39, 0.29) is 16.8 Å². The summed E-state index contributed by atoms with van der Waals surface area (Å²) in [7, 11) is -3.89. The highest BCUT2D eigenvalue weighted by Gasteiger charge is 2.22. The van der Waals surface area contributed by atoms with E-state index in [2.05, 4.69) is 14.9 Å². The molecular formula is C11H12FN3O3S. The number of hydrogen-bond acceptors (Lipinski definition) is 5. The minimum atomic E-state index is -3.89. The quantitative estimate of drug-likeness (QED) is 0.931. The van der Waals surface area contributed by atoms with Gasteiger partial charge in [0.1, 0.15) is 5.82 Å². The number of benzene rings is 1. The third kappa shape index (κ3) is 2.73. The number of anilines is 1. The van der Waals surface area contributed by atoms with Gasteiger partial charge in [0.2, 0.25) is 5.89 Å². The van der Waals surface area contributed by atoms with E-state index >= 15 is 0 Å². The number of hydrogen-bond donors (Lipinski definition) is 1. The third-order valence-corrected chi connectivity index (χ3v) is 4.07. The Morgan fingerprint density at radius 3 is 2.21 bits per heavy atom. The summed E-state index contributed by atoms with van der Waals surface area (Å²) in [4.78, 5) is 0.00440. The molecule has 0 aliphatic rings. The van der Waals surface area contributed by atoms with Crippen molar-refractivity contribution in [1.82, 2.24) is 10.2 Å². The van der Waals surface area contributed by atoms with Crippen molar-refractivity contribution >= 4 is 16.0 Å². The van der Waals surface area contributed by atoms with E-state index in [9.17, 15) is 12.8 Å². The van der Waals surface area contributed by atoms with E-state index in [1.54, 1.807) is 6.92 Å². The maximum Gasteiger partial charge on any atom is 0.329 e. The first kappa shape index (κ1) is 13.5. The van der Waals surface area contributed by atoms with Gasteiger partial charge in [-0.05, 0) is 37.1 Å². The molecule has 0 fully saturated rings. The molecule has 102 valence electrons. The Morgan fingerprint density at radius 2 is 1.74 bits per heavy atom. The summed E-state index contributed by atoms with van der Waals surface area (Å²) in [6, 6.07) is 2.09. The normalized spacial score (nSPS) is 11.6. The van der Waals surface area contributed by atoms with Crippen LogP contribution < -0.4 is 4.72 Å². The first-order valence-electron chi connectivity index (χ1n) is 5.39. The number of aryl methyl sites for hydroxylation is 3. The van der Waals surface area contributed by atoms with Crippen molar-refractivity contribution in [3.05, 3.63) is 35.0 Å². The van der Waals surface area contributed by atoms with Crippen LogP contribution in [0.2, 0.25) is 0 Å². The van der Waals surface area contributed by atoms with Crippen LogP contribution in [0.5, 0.6) is 0 Å². The lowest BCUT2D eigenvalue weighted by atomic mass is 10.1. The van der Waals surface area contributed by atoms with Crippen LogP contribution in [-0.4, -0.2) is 18.6 Å². The summed E-state index contributed by atoms with van der Waals surface area (Å²) in [5, 5.41) is 7.07. The van der Waals surface area contributed by atoms with E-state index in [4.69, 9.17) is 4.42 Å². The number of halogens is 1. The molecule has 8 heteroatoms. The number of nitrogens with zero attached hydrogens (tertiary/aromatic N) is 2. The standard InChI is InChI=1S/C11H12FN3O3S/c1-6-4-9(12)5-7(2)10(6)19(16,17)15-11-14-13-8(3)18-11/h4-5H,1-3H3,(H,14,15). The van der Waals surface area contributed by atoms with Crippen molar-refractivity contribution in [3.63, 3.8) is 0 Å². The molecule has 0 radical (unpaired) electrons. The van der Waals surface area contributed by atoms with Crippen LogP contribution in [0, 0.1) is 26.6 Å². The summed E-state index contributed by atoms with van der Waals surface area (Å²) < 4.78 is 44.7. The van der Waals surface area contributed by atoms with Crippen LogP contribution in [0.15, 0.2) is 21.4 Å². The number of aromatic nitrogens is 2. The average Bonchev–Trinajstić information content (AvgIpc) is 2.60. The minimum Gasteiger partial charge on any atom is -0.408 e. The number of rotatable bonds is 3. The largest absolute Gasteiger partial charge is 0.408 e. The Hall–Kier alpha value is -1.96. The van der Waals surface area contributed by atoms with Crippen LogP contribution in [0.1, 0.15) is 17.0 Å². The molecular weight excluding hydrogens is 273 g/mol. The van der Waals surface area contributed by atoms with Gasteiger partial charge in [-0.2, -0.15) is 0 Å². The van der Waals surface area contributed by atoms with Gasteiger partial charge in [-0.25, -0.2) is 17.5 Å². The van der Waals surface area contributed by atoms with Gasteiger partial charge >= 0.3 is 6.01 Å². The van der Waals surface area contributed by atoms with Crippen molar-refractivity contribution in [3.8, 4) is 0 Å². The van der Waals surface area contributed by atoms with Crippen molar-refractivity contribution in [2.45, 2.75) is 25.7 Å². The Balaban J connectivity index is 2.45. The molecule has 2 aromatic rings. The predicted molar refractivity (Wildman–Crippen MR) is 65.7 cm³/mol. The fraction of sp³-hybridized carbons (Fsp3) is 0.273. The van der Waals surface area contributed by atoms with Gasteiger partial charge in [0.25, 0.3) is 10.0 Å². The summed E-state index contributed by atoms with van der Waals surface area (Å²) in [5.41, 5.74) is 0.613. The zero-order chi connectivity index (χ0) is 14.2. The van der Waals surface area contributed by atoms with E-state index in [1.165, 1.54) is 13.8 Å². The maximum atomic E-state index is 13.2. The van der Waals surface area contributed by atoms with Gasteiger partial charge in [0.05, 0.1) is 4.90 Å². The summed E-state index contributed by atoms with van der Waals surface area (Å²) in [6.45, 7) is 4.58. The molecule has 0 atom stereocenters. The second-order valence-corrected chi connectivity index (χ2v) is 5.72. The van der Waals surface area contributed by atoms with Crippen LogP contribution >= 0.6 is 0 Å². The number of nitrogens with one attached hydrogen (secondary N) is 1. The van der Waals surface area contributed by atoms with Crippen molar-refractivity contribution in [1.29, 1.82) is 0 Å². The molecule has 0 aliphatic heterocycles. The first-order valence-corrected chi connectivity index (χ1v) is 6.87. The highest BCUT2D eigenvalue weighted by molar-refractivity contribution is 7.92. The summed E-state index contributed by atoms with van der Waals surface area (Å²) >= 11 is 0. The van der Waals surface area contributed by atoms with Crippen LogP contribution in [0.25, 0.3) is 0 Å². The number of sulfonamides is 1. The predicted octanol–water partition coefficient (Wildman–Crippen LogP) is 1.93. The monoisotopic (exact) mass is 285 g/mol. The molecule has 19 heavy (non-hydrogen) atoms. The Morgan fingerprint density at radius 1 is 1.16 bits per heavy atom. The average molecular weight is 285 g/mol. The molecule has 1 aromatic heterocycles. The van der Waals surface area contributed by atoms with Gasteiger partial charge in [0, 0.05) is 6.92 Å². The summed E-state index contributed by atoms with van der Waals surface area (Å²) in [5.74, 6) is -0.243. The van der Waals surface area contributed by atoms with Crippen molar-refractivity contribution in [2.24, 2.45) is 0 Å². The topological polar surface area (TPSA) is 85.1 Å². The van der Waals surface area contributed by atoms with Crippen LogP contribution in [-0.2, 0) is 10.0 Å². The second kappa shape index (κ2) is 4.61. The lowest BCUT2D eigenvalue weighted by Crippen LogP contribution is -2.16. The molecule has 1 aromatic carbocycles. The molecule has 0 amide bonds. The first-order chi connectivity index (χ1) is 8.79. The molecule has 1 heterocycles. The van der Waals surface area contributed by atoms with E-state index in [0.29, 0.717) is 11.1 Å². The van der Waals surface area contributed by atoms with Gasteiger partial charge in [-0.1, -0.05) is 5.10 Å². The van der Waals surface area contributed by atoms with Crippen molar-refractivity contribution in [2.75, 3.05) is 4.72 Å². The highest BCUT2D eigenvalue weighted by Crippen LogP contribution is 2.23. The lowest BCUT2D eigenvalue weighted by Gasteiger charge is -2.10. The van der Waals surface area contributed by atoms with Gasteiger partial charge < -0.3 is 4.42 Å². The van der Waals surface area contributed by atoms with Gasteiger partial charge in [-0.15, -0.1) is 5.10 Å². The molecule has 0 bridgehead atoms.